The van der Waals surface area contributed by atoms with Crippen LogP contribution in [0.15, 0.2) is 24.3 Å². The van der Waals surface area contributed by atoms with Gasteiger partial charge in [0, 0.05) is 25.4 Å². The topological polar surface area (TPSA) is 38.3 Å². The van der Waals surface area contributed by atoms with Gasteiger partial charge in [-0.1, -0.05) is 18.2 Å². The second-order valence-electron chi connectivity index (χ2n) is 4.24. The lowest BCUT2D eigenvalue weighted by atomic mass is 10.0. The van der Waals surface area contributed by atoms with Crippen LogP contribution in [-0.4, -0.2) is 31.6 Å². The number of hydrogen-bond acceptors (Lipinski definition) is 3. The first kappa shape index (κ1) is 12.2. The van der Waals surface area contributed by atoms with Crippen LogP contribution in [0, 0.1) is 5.82 Å². The molecule has 0 saturated carbocycles. The summed E-state index contributed by atoms with van der Waals surface area (Å²) in [5.74, 6) is -0.271. The molecule has 1 heterocycles. The van der Waals surface area contributed by atoms with Crippen molar-refractivity contribution in [3.05, 3.63) is 35.6 Å². The molecular formula is C13H16FNO2. The lowest BCUT2D eigenvalue weighted by Crippen LogP contribution is -2.42. The fourth-order valence-corrected chi connectivity index (χ4v) is 1.95. The number of ketones is 1. The molecule has 1 aromatic carbocycles. The Morgan fingerprint density at radius 3 is 3.00 bits per heavy atom. The molecule has 4 heteroatoms. The zero-order valence-electron chi connectivity index (χ0n) is 9.62. The standard InChI is InChI=1S/C13H16FNO2/c14-13-4-2-1-3-10(13)7-12(16)8-11-9-17-6-5-15-11/h1-4,11,15H,5-9H2. The van der Waals surface area contributed by atoms with E-state index in [0.29, 0.717) is 25.2 Å². The largest absolute Gasteiger partial charge is 0.379 e. The quantitative estimate of drug-likeness (QED) is 0.858. The number of benzene rings is 1. The highest BCUT2D eigenvalue weighted by atomic mass is 19.1. The normalized spacial score (nSPS) is 20.2. The summed E-state index contributed by atoms with van der Waals surface area (Å²) in [5.41, 5.74) is 0.467. The number of halogens is 1. The number of morpholine rings is 1. The summed E-state index contributed by atoms with van der Waals surface area (Å²) in [6, 6.07) is 6.47. The maximum atomic E-state index is 13.3. The minimum atomic E-state index is -0.311. The van der Waals surface area contributed by atoms with Crippen molar-refractivity contribution in [2.24, 2.45) is 0 Å². The fourth-order valence-electron chi connectivity index (χ4n) is 1.95. The van der Waals surface area contributed by atoms with Crippen molar-refractivity contribution in [1.29, 1.82) is 0 Å². The van der Waals surface area contributed by atoms with Gasteiger partial charge < -0.3 is 10.1 Å². The molecule has 0 bridgehead atoms. The van der Waals surface area contributed by atoms with Crippen LogP contribution in [0.3, 0.4) is 0 Å². The molecule has 1 saturated heterocycles. The number of hydrogen-bond donors (Lipinski definition) is 1. The van der Waals surface area contributed by atoms with E-state index in [1.807, 2.05) is 0 Å². The van der Waals surface area contributed by atoms with Gasteiger partial charge in [-0.3, -0.25) is 4.79 Å². The molecule has 1 aliphatic rings. The molecule has 1 aliphatic heterocycles. The number of rotatable bonds is 4. The molecule has 1 unspecified atom stereocenters. The molecule has 0 amide bonds. The minimum absolute atomic E-state index is 0.0399. The van der Waals surface area contributed by atoms with Crippen molar-refractivity contribution in [2.75, 3.05) is 19.8 Å². The molecule has 0 aromatic heterocycles. The third-order valence-corrected chi connectivity index (χ3v) is 2.82. The van der Waals surface area contributed by atoms with Crippen LogP contribution < -0.4 is 5.32 Å². The number of carbonyl (C=O) groups excluding carboxylic acids is 1. The van der Waals surface area contributed by atoms with Gasteiger partial charge in [-0.25, -0.2) is 4.39 Å². The first-order valence-electron chi connectivity index (χ1n) is 5.82. The summed E-state index contributed by atoms with van der Waals surface area (Å²) in [7, 11) is 0. The first-order chi connectivity index (χ1) is 8.25. The van der Waals surface area contributed by atoms with Crippen molar-refractivity contribution in [1.82, 2.24) is 5.32 Å². The number of Topliss-reactive ketones (excluding diaryl/α,β-unsaturated/α-hetero) is 1. The lowest BCUT2D eigenvalue weighted by Gasteiger charge is -2.23. The third-order valence-electron chi connectivity index (χ3n) is 2.82. The Balaban J connectivity index is 1.86. The minimum Gasteiger partial charge on any atom is -0.379 e. The molecule has 1 aromatic rings. The van der Waals surface area contributed by atoms with Gasteiger partial charge in [0.15, 0.2) is 0 Å². The van der Waals surface area contributed by atoms with Gasteiger partial charge in [0.1, 0.15) is 11.6 Å². The van der Waals surface area contributed by atoms with E-state index in [1.54, 1.807) is 18.2 Å². The maximum absolute atomic E-state index is 13.3. The molecular weight excluding hydrogens is 221 g/mol. The molecule has 2 rings (SSSR count). The smallest absolute Gasteiger partial charge is 0.139 e. The van der Waals surface area contributed by atoms with Gasteiger partial charge >= 0.3 is 0 Å². The zero-order valence-corrected chi connectivity index (χ0v) is 9.62. The predicted octanol–water partition coefficient (Wildman–Crippen LogP) is 1.32. The average molecular weight is 237 g/mol. The summed E-state index contributed by atoms with van der Waals surface area (Å²) in [6.07, 6.45) is 0.555. The summed E-state index contributed by atoms with van der Waals surface area (Å²) < 4.78 is 18.6. The highest BCUT2D eigenvalue weighted by molar-refractivity contribution is 5.81. The van der Waals surface area contributed by atoms with Gasteiger partial charge in [-0.2, -0.15) is 0 Å². The highest BCUT2D eigenvalue weighted by Gasteiger charge is 2.17. The van der Waals surface area contributed by atoms with Gasteiger partial charge in [0.25, 0.3) is 0 Å². The van der Waals surface area contributed by atoms with E-state index in [1.165, 1.54) is 6.07 Å². The van der Waals surface area contributed by atoms with E-state index in [2.05, 4.69) is 5.32 Å². The zero-order chi connectivity index (χ0) is 12.1. The Morgan fingerprint density at radius 1 is 1.47 bits per heavy atom. The molecule has 3 nitrogen and oxygen atoms in total. The van der Waals surface area contributed by atoms with Crippen LogP contribution in [-0.2, 0) is 16.0 Å². The van der Waals surface area contributed by atoms with Gasteiger partial charge in [0.2, 0.25) is 0 Å². The van der Waals surface area contributed by atoms with Gasteiger partial charge in [0.05, 0.1) is 13.2 Å². The van der Waals surface area contributed by atoms with E-state index < -0.39 is 0 Å². The Bertz CT molecular complexity index is 389. The molecule has 1 fully saturated rings. The number of ether oxygens (including phenoxy) is 1. The summed E-state index contributed by atoms with van der Waals surface area (Å²) in [5, 5.41) is 3.21. The van der Waals surface area contributed by atoms with Crippen molar-refractivity contribution in [3.8, 4) is 0 Å². The van der Waals surface area contributed by atoms with E-state index in [9.17, 15) is 9.18 Å². The Morgan fingerprint density at radius 2 is 2.29 bits per heavy atom. The SMILES string of the molecule is O=C(Cc1ccccc1F)CC1COCCN1. The van der Waals surface area contributed by atoms with Crippen molar-refractivity contribution in [2.45, 2.75) is 18.9 Å². The first-order valence-corrected chi connectivity index (χ1v) is 5.82. The monoisotopic (exact) mass is 237 g/mol. The maximum Gasteiger partial charge on any atom is 0.139 e. The number of nitrogens with one attached hydrogen (secondary N) is 1. The molecule has 92 valence electrons. The van der Waals surface area contributed by atoms with Gasteiger partial charge in [-0.05, 0) is 11.6 Å². The molecule has 0 aliphatic carbocycles. The van der Waals surface area contributed by atoms with Crippen LogP contribution >= 0.6 is 0 Å². The van der Waals surface area contributed by atoms with Crippen molar-refractivity contribution >= 4 is 5.78 Å². The Kier molecular flexibility index (Phi) is 4.23. The van der Waals surface area contributed by atoms with E-state index >= 15 is 0 Å². The van der Waals surface area contributed by atoms with E-state index in [-0.39, 0.29) is 24.1 Å². The second kappa shape index (κ2) is 5.89. The molecule has 1 N–H and O–H groups in total. The second-order valence-corrected chi connectivity index (χ2v) is 4.24. The Labute approximate surface area is 100.0 Å². The summed E-state index contributed by atoms with van der Waals surface area (Å²) in [4.78, 5) is 11.8. The van der Waals surface area contributed by atoms with Crippen LogP contribution in [0.25, 0.3) is 0 Å². The van der Waals surface area contributed by atoms with Crippen LogP contribution in [0.2, 0.25) is 0 Å². The number of carbonyl (C=O) groups is 1. The highest BCUT2D eigenvalue weighted by Crippen LogP contribution is 2.09. The molecule has 17 heavy (non-hydrogen) atoms. The average Bonchev–Trinajstić information content (AvgIpc) is 2.33. The lowest BCUT2D eigenvalue weighted by molar-refractivity contribution is -0.119. The molecule has 0 radical (unpaired) electrons. The van der Waals surface area contributed by atoms with Crippen molar-refractivity contribution in [3.63, 3.8) is 0 Å². The molecule has 0 spiro atoms. The van der Waals surface area contributed by atoms with E-state index in [4.69, 9.17) is 4.74 Å². The van der Waals surface area contributed by atoms with E-state index in [0.717, 1.165) is 6.54 Å². The fraction of sp³-hybridized carbons (Fsp3) is 0.462. The Hall–Kier alpha value is -1.26. The summed E-state index contributed by atoms with van der Waals surface area (Å²) in [6.45, 7) is 2.03. The van der Waals surface area contributed by atoms with Crippen LogP contribution in [0.1, 0.15) is 12.0 Å². The molecule has 1 atom stereocenters. The third kappa shape index (κ3) is 3.61. The van der Waals surface area contributed by atoms with Crippen LogP contribution in [0.5, 0.6) is 0 Å². The summed E-state index contributed by atoms with van der Waals surface area (Å²) >= 11 is 0. The predicted molar refractivity (Wildman–Crippen MR) is 62.3 cm³/mol. The van der Waals surface area contributed by atoms with Gasteiger partial charge in [-0.15, -0.1) is 0 Å². The van der Waals surface area contributed by atoms with Crippen LogP contribution in [0.4, 0.5) is 4.39 Å². The van der Waals surface area contributed by atoms with Crippen molar-refractivity contribution < 1.29 is 13.9 Å².